The molecule has 3 atom stereocenters. The smallest absolute Gasteiger partial charge is 0.407 e. The van der Waals surface area contributed by atoms with Gasteiger partial charge in [0.15, 0.2) is 0 Å². The Bertz CT molecular complexity index is 1040. The molecule has 3 N–H and O–H groups in total. The zero-order valence-electron chi connectivity index (χ0n) is 20.3. The number of carboxylic acid groups (broad SMARTS) is 1. The van der Waals surface area contributed by atoms with Gasteiger partial charge < -0.3 is 20.5 Å². The molecule has 0 radical (unpaired) electrons. The van der Waals surface area contributed by atoms with E-state index >= 15 is 0 Å². The predicted molar refractivity (Wildman–Crippen MR) is 133 cm³/mol. The highest BCUT2D eigenvalue weighted by molar-refractivity contribution is 5.80. The highest BCUT2D eigenvalue weighted by Gasteiger charge is 2.33. The summed E-state index contributed by atoms with van der Waals surface area (Å²) in [4.78, 5) is 37.0. The lowest BCUT2D eigenvalue weighted by Gasteiger charge is -2.30. The quantitative estimate of drug-likeness (QED) is 0.510. The molecule has 0 heterocycles. The topological polar surface area (TPSA) is 105 Å². The van der Waals surface area contributed by atoms with Crippen LogP contribution < -0.4 is 10.6 Å². The number of amides is 2. The minimum atomic E-state index is -0.868. The van der Waals surface area contributed by atoms with E-state index in [2.05, 4.69) is 34.9 Å². The van der Waals surface area contributed by atoms with Gasteiger partial charge in [-0.05, 0) is 41.0 Å². The summed E-state index contributed by atoms with van der Waals surface area (Å²) in [6.07, 6.45) is 2.52. The maximum Gasteiger partial charge on any atom is 0.407 e. The predicted octanol–water partition coefficient (Wildman–Crippen LogP) is 4.70. The summed E-state index contributed by atoms with van der Waals surface area (Å²) in [5.41, 5.74) is 4.61. The van der Waals surface area contributed by atoms with Gasteiger partial charge in [0.2, 0.25) is 5.91 Å². The molecule has 1 saturated carbocycles. The van der Waals surface area contributed by atoms with Crippen LogP contribution in [0.4, 0.5) is 4.79 Å². The van der Waals surface area contributed by atoms with Gasteiger partial charge in [-0.1, -0.05) is 75.2 Å². The van der Waals surface area contributed by atoms with Crippen LogP contribution in [0.3, 0.4) is 0 Å². The van der Waals surface area contributed by atoms with Gasteiger partial charge in [0.1, 0.15) is 6.61 Å². The van der Waals surface area contributed by atoms with E-state index in [1.165, 1.54) is 0 Å². The lowest BCUT2D eigenvalue weighted by atomic mass is 9.84. The van der Waals surface area contributed by atoms with Crippen molar-refractivity contribution in [2.45, 2.75) is 64.0 Å². The molecule has 2 aliphatic carbocycles. The van der Waals surface area contributed by atoms with Gasteiger partial charge >= 0.3 is 12.1 Å². The number of carbonyl (C=O) groups excluding carboxylic acids is 2. The van der Waals surface area contributed by atoms with Crippen molar-refractivity contribution >= 4 is 18.0 Å². The SMILES string of the molecule is CC(C)C(CC(=O)N[C@@H]1CCCC[C@@H]1C(=O)O)NC(=O)OCC1c2ccccc2-c2ccccc21. The molecule has 1 fully saturated rings. The maximum atomic E-state index is 12.7. The summed E-state index contributed by atoms with van der Waals surface area (Å²) in [5.74, 6) is -1.70. The Kier molecular flexibility index (Phi) is 7.73. The first-order valence-electron chi connectivity index (χ1n) is 12.5. The Hall–Kier alpha value is -3.35. The number of rotatable bonds is 8. The molecule has 1 unspecified atom stereocenters. The number of ether oxygens (including phenoxy) is 1. The number of carbonyl (C=O) groups is 3. The fraction of sp³-hybridized carbons (Fsp3) is 0.464. The molecule has 0 spiro atoms. The second-order valence-corrected chi connectivity index (χ2v) is 9.93. The standard InChI is InChI=1S/C28H34N2O5/c1-17(2)25(15-26(31)29-24-14-8-7-13-22(24)27(32)33)30-28(34)35-16-23-20-11-5-3-9-18(20)19-10-4-6-12-21(19)23/h3-6,9-12,17,22-25H,7-8,13-16H2,1-2H3,(H,29,31)(H,30,34)(H,32,33)/t22-,24+,25?/m0/s1. The number of benzene rings is 2. The average molecular weight is 479 g/mol. The van der Waals surface area contributed by atoms with Crippen LogP contribution >= 0.6 is 0 Å². The molecule has 0 aliphatic heterocycles. The minimum Gasteiger partial charge on any atom is -0.481 e. The van der Waals surface area contributed by atoms with Crippen LogP contribution in [0, 0.1) is 11.8 Å². The third-order valence-electron chi connectivity index (χ3n) is 7.29. The number of hydrogen-bond donors (Lipinski definition) is 3. The largest absolute Gasteiger partial charge is 0.481 e. The van der Waals surface area contributed by atoms with Crippen molar-refractivity contribution in [3.05, 3.63) is 59.7 Å². The molecule has 0 aromatic heterocycles. The molecule has 2 aliphatic rings. The average Bonchev–Trinajstić information content (AvgIpc) is 3.16. The van der Waals surface area contributed by atoms with Crippen molar-refractivity contribution in [3.8, 4) is 11.1 Å². The van der Waals surface area contributed by atoms with Crippen LogP contribution in [-0.4, -0.2) is 41.8 Å². The number of carboxylic acids is 1. The van der Waals surface area contributed by atoms with Crippen LogP contribution in [0.25, 0.3) is 11.1 Å². The zero-order chi connectivity index (χ0) is 24.9. The van der Waals surface area contributed by atoms with Crippen molar-refractivity contribution in [2.75, 3.05) is 6.61 Å². The number of fused-ring (bicyclic) bond motifs is 3. The van der Waals surface area contributed by atoms with Gasteiger partial charge in [-0.15, -0.1) is 0 Å². The van der Waals surface area contributed by atoms with Crippen molar-refractivity contribution in [1.82, 2.24) is 10.6 Å². The van der Waals surface area contributed by atoms with E-state index in [9.17, 15) is 19.5 Å². The lowest BCUT2D eigenvalue weighted by Crippen LogP contribution is -2.48. The molecule has 186 valence electrons. The Morgan fingerprint density at radius 3 is 2.17 bits per heavy atom. The Balaban J connectivity index is 1.34. The Labute approximate surface area is 206 Å². The molecular formula is C28H34N2O5. The van der Waals surface area contributed by atoms with Crippen molar-refractivity contribution in [1.29, 1.82) is 0 Å². The maximum absolute atomic E-state index is 12.7. The zero-order valence-corrected chi connectivity index (χ0v) is 20.3. The summed E-state index contributed by atoms with van der Waals surface area (Å²) in [6.45, 7) is 4.07. The Morgan fingerprint density at radius 2 is 1.57 bits per heavy atom. The van der Waals surface area contributed by atoms with E-state index in [4.69, 9.17) is 4.74 Å². The van der Waals surface area contributed by atoms with Gasteiger partial charge in [0.25, 0.3) is 0 Å². The second-order valence-electron chi connectivity index (χ2n) is 9.93. The summed E-state index contributed by atoms with van der Waals surface area (Å²) in [5, 5.41) is 15.2. The van der Waals surface area contributed by atoms with E-state index in [1.54, 1.807) is 0 Å². The molecule has 2 aromatic carbocycles. The number of nitrogens with one attached hydrogen (secondary N) is 2. The summed E-state index contributed by atoms with van der Waals surface area (Å²) < 4.78 is 5.64. The van der Waals surface area contributed by atoms with Crippen LogP contribution in [0.15, 0.2) is 48.5 Å². The molecule has 0 bridgehead atoms. The van der Waals surface area contributed by atoms with E-state index in [-0.39, 0.29) is 36.8 Å². The van der Waals surface area contributed by atoms with Gasteiger partial charge in [-0.3, -0.25) is 9.59 Å². The van der Waals surface area contributed by atoms with Gasteiger partial charge in [-0.25, -0.2) is 4.79 Å². The highest BCUT2D eigenvalue weighted by Crippen LogP contribution is 2.44. The van der Waals surface area contributed by atoms with Crippen LogP contribution in [0.1, 0.15) is 63.0 Å². The molecule has 7 nitrogen and oxygen atoms in total. The summed E-state index contributed by atoms with van der Waals surface area (Å²) in [7, 11) is 0. The van der Waals surface area contributed by atoms with Gasteiger partial charge in [-0.2, -0.15) is 0 Å². The molecule has 0 saturated heterocycles. The molecule has 4 rings (SSSR count). The third kappa shape index (κ3) is 5.66. The molecular weight excluding hydrogens is 444 g/mol. The van der Waals surface area contributed by atoms with Crippen LogP contribution in [0.2, 0.25) is 0 Å². The van der Waals surface area contributed by atoms with Gasteiger partial charge in [0.05, 0.1) is 5.92 Å². The summed E-state index contributed by atoms with van der Waals surface area (Å²) >= 11 is 0. The first kappa shape index (κ1) is 24.8. The Morgan fingerprint density at radius 1 is 0.971 bits per heavy atom. The van der Waals surface area contributed by atoms with E-state index < -0.39 is 24.0 Å². The van der Waals surface area contributed by atoms with Crippen molar-refractivity contribution < 1.29 is 24.2 Å². The molecule has 35 heavy (non-hydrogen) atoms. The van der Waals surface area contributed by atoms with Crippen LogP contribution in [-0.2, 0) is 14.3 Å². The highest BCUT2D eigenvalue weighted by atomic mass is 16.5. The fourth-order valence-corrected chi connectivity index (χ4v) is 5.31. The first-order chi connectivity index (χ1) is 16.8. The monoisotopic (exact) mass is 478 g/mol. The number of hydrogen-bond acceptors (Lipinski definition) is 4. The van der Waals surface area contributed by atoms with Crippen LogP contribution in [0.5, 0.6) is 0 Å². The van der Waals surface area contributed by atoms with Crippen molar-refractivity contribution in [2.24, 2.45) is 11.8 Å². The molecule has 2 aromatic rings. The second kappa shape index (κ2) is 10.9. The molecule has 2 amide bonds. The normalized spacial score (nSPS) is 20.0. The van der Waals surface area contributed by atoms with E-state index in [0.717, 1.165) is 35.1 Å². The summed E-state index contributed by atoms with van der Waals surface area (Å²) in [6, 6.07) is 15.5. The minimum absolute atomic E-state index is 0.00265. The van der Waals surface area contributed by atoms with E-state index in [1.807, 2.05) is 38.1 Å². The fourth-order valence-electron chi connectivity index (χ4n) is 5.31. The van der Waals surface area contributed by atoms with Crippen molar-refractivity contribution in [3.63, 3.8) is 0 Å². The lowest BCUT2D eigenvalue weighted by molar-refractivity contribution is -0.144. The first-order valence-corrected chi connectivity index (χ1v) is 12.5. The molecule has 7 heteroatoms. The number of aliphatic carboxylic acids is 1. The van der Waals surface area contributed by atoms with Gasteiger partial charge in [0, 0.05) is 24.4 Å². The third-order valence-corrected chi connectivity index (χ3v) is 7.29. The number of alkyl carbamates (subject to hydrolysis) is 1. The van der Waals surface area contributed by atoms with E-state index in [0.29, 0.717) is 12.8 Å².